The van der Waals surface area contributed by atoms with Crippen molar-refractivity contribution in [1.29, 1.82) is 0 Å². The number of hydrogen-bond acceptors (Lipinski definition) is 5. The number of carbonyl (C=O) groups excluding carboxylic acids is 3. The smallest absolute Gasteiger partial charge is 0.341 e. The van der Waals surface area contributed by atoms with E-state index in [0.717, 1.165) is 31.2 Å². The number of carbonyl (C=O) groups is 3. The fourth-order valence-corrected chi connectivity index (χ4v) is 8.53. The Bertz CT molecular complexity index is 907. The second-order valence-electron chi connectivity index (χ2n) is 9.24. The molecule has 3 atom stereocenters. The van der Waals surface area contributed by atoms with Crippen LogP contribution in [0, 0.1) is 16.2 Å². The van der Waals surface area contributed by atoms with Gasteiger partial charge in [0.1, 0.15) is 5.00 Å². The average molecular weight is 482 g/mol. The summed E-state index contributed by atoms with van der Waals surface area (Å²) in [6, 6.07) is 0. The minimum atomic E-state index is -0.824. The van der Waals surface area contributed by atoms with Crippen LogP contribution in [-0.4, -0.2) is 29.1 Å². The molecule has 2 saturated carbocycles. The molecule has 1 N–H and O–H groups in total. The molecule has 1 heterocycles. The third-order valence-corrected chi connectivity index (χ3v) is 10.4. The first-order valence-electron chi connectivity index (χ1n) is 10.4. The maximum absolute atomic E-state index is 13.7. The Labute approximate surface area is 184 Å². The van der Waals surface area contributed by atoms with Gasteiger partial charge in [0, 0.05) is 10.3 Å². The molecule has 158 valence electrons. The number of amides is 1. The Balaban J connectivity index is 1.74. The number of aryl methyl sites for hydroxylation is 1. The second kappa shape index (κ2) is 6.91. The maximum atomic E-state index is 13.7. The van der Waals surface area contributed by atoms with Crippen molar-refractivity contribution in [2.24, 2.45) is 16.2 Å². The third kappa shape index (κ3) is 2.59. The van der Waals surface area contributed by atoms with E-state index in [1.54, 1.807) is 6.92 Å². The number of hydrogen-bond donors (Lipinski definition) is 1. The van der Waals surface area contributed by atoms with Gasteiger partial charge < -0.3 is 10.1 Å². The molecular formula is C22H28BrNO4S. The lowest BCUT2D eigenvalue weighted by Crippen LogP contribution is -2.48. The maximum Gasteiger partial charge on any atom is 0.341 e. The zero-order chi connectivity index (χ0) is 21.2. The molecule has 5 nitrogen and oxygen atoms in total. The summed E-state index contributed by atoms with van der Waals surface area (Å²) in [4.78, 5) is 40.1. The van der Waals surface area contributed by atoms with Gasteiger partial charge in [-0.3, -0.25) is 9.59 Å². The van der Waals surface area contributed by atoms with Gasteiger partial charge in [-0.25, -0.2) is 4.79 Å². The number of Topliss-reactive ketones (excluding diaryl/α,β-unsaturated/α-hetero) is 1. The van der Waals surface area contributed by atoms with Crippen molar-refractivity contribution in [1.82, 2.24) is 0 Å². The van der Waals surface area contributed by atoms with E-state index in [1.807, 2.05) is 20.8 Å². The van der Waals surface area contributed by atoms with E-state index >= 15 is 0 Å². The lowest BCUT2D eigenvalue weighted by molar-refractivity contribution is -0.130. The van der Waals surface area contributed by atoms with Crippen molar-refractivity contribution in [2.75, 3.05) is 11.9 Å². The van der Waals surface area contributed by atoms with E-state index in [-0.39, 0.29) is 17.7 Å². The van der Waals surface area contributed by atoms with Gasteiger partial charge in [0.05, 0.1) is 22.4 Å². The van der Waals surface area contributed by atoms with Crippen molar-refractivity contribution in [2.45, 2.75) is 71.0 Å². The molecule has 1 aromatic rings. The predicted octanol–water partition coefficient (Wildman–Crippen LogP) is 4.90. The number of ether oxygens (including phenoxy) is 1. The van der Waals surface area contributed by atoms with Gasteiger partial charge in [0.15, 0.2) is 5.78 Å². The second-order valence-corrected chi connectivity index (χ2v) is 11.3. The molecule has 0 radical (unpaired) electrons. The Kier molecular flexibility index (Phi) is 5.01. The molecule has 2 bridgehead atoms. The summed E-state index contributed by atoms with van der Waals surface area (Å²) in [5, 5.41) is 3.67. The zero-order valence-corrected chi connectivity index (χ0v) is 19.8. The van der Waals surface area contributed by atoms with Crippen LogP contribution in [0.1, 0.15) is 74.2 Å². The Morgan fingerprint density at radius 2 is 1.90 bits per heavy atom. The van der Waals surface area contributed by atoms with Crippen LogP contribution in [0.3, 0.4) is 0 Å². The zero-order valence-electron chi connectivity index (χ0n) is 17.4. The first kappa shape index (κ1) is 21.0. The number of halogens is 1. The molecule has 0 unspecified atom stereocenters. The van der Waals surface area contributed by atoms with Crippen molar-refractivity contribution in [3.63, 3.8) is 0 Å². The van der Waals surface area contributed by atoms with Crippen LogP contribution in [-0.2, 0) is 27.2 Å². The number of fused-ring (bicyclic) bond motifs is 3. The van der Waals surface area contributed by atoms with Crippen LogP contribution in [0.4, 0.5) is 5.00 Å². The molecule has 0 aliphatic heterocycles. The highest BCUT2D eigenvalue weighted by Gasteiger charge is 2.76. The van der Waals surface area contributed by atoms with Gasteiger partial charge in [0.2, 0.25) is 5.91 Å². The highest BCUT2D eigenvalue weighted by atomic mass is 79.9. The molecule has 0 saturated heterocycles. The topological polar surface area (TPSA) is 72.5 Å². The van der Waals surface area contributed by atoms with Crippen LogP contribution in [0.2, 0.25) is 0 Å². The van der Waals surface area contributed by atoms with Crippen molar-refractivity contribution >= 4 is 49.9 Å². The van der Waals surface area contributed by atoms with E-state index in [0.29, 0.717) is 30.0 Å². The van der Waals surface area contributed by atoms with Gasteiger partial charge in [-0.15, -0.1) is 11.3 Å². The molecule has 7 heteroatoms. The molecule has 4 rings (SSSR count). The molecule has 1 aromatic heterocycles. The molecule has 1 amide bonds. The summed E-state index contributed by atoms with van der Waals surface area (Å²) in [7, 11) is 0. The standard InChI is InChI=1S/C22H28BrNO4S/c1-5-28-18(26)14-12-8-6-7-9-13(12)29-17(14)24-19(27)22-11-10-21(4,20(22,2)3)16(25)15(22)23/h15H,5-11H2,1-4H3,(H,24,27)/t15-,21+,22-/m0/s1. The third-order valence-electron chi connectivity index (χ3n) is 8.00. The summed E-state index contributed by atoms with van der Waals surface area (Å²) < 4.78 is 5.31. The minimum absolute atomic E-state index is 0.111. The molecule has 3 aliphatic carbocycles. The SMILES string of the molecule is CCOC(=O)c1c(NC(=O)[C@]23CC[C@](C)(C(=O)[C@@H]2Br)C3(C)C)sc2c1CCCC2. The van der Waals surface area contributed by atoms with Crippen LogP contribution >= 0.6 is 27.3 Å². The summed E-state index contributed by atoms with van der Waals surface area (Å²) in [6.45, 7) is 8.13. The van der Waals surface area contributed by atoms with Gasteiger partial charge in [0.25, 0.3) is 0 Å². The summed E-state index contributed by atoms with van der Waals surface area (Å²) >= 11 is 5.07. The lowest BCUT2D eigenvalue weighted by Gasteiger charge is -2.39. The van der Waals surface area contributed by atoms with Gasteiger partial charge >= 0.3 is 5.97 Å². The number of anilines is 1. The van der Waals surface area contributed by atoms with E-state index in [4.69, 9.17) is 4.74 Å². The Morgan fingerprint density at radius 1 is 1.21 bits per heavy atom. The molecule has 2 fully saturated rings. The number of thiophene rings is 1. The van der Waals surface area contributed by atoms with Crippen molar-refractivity contribution in [3.05, 3.63) is 16.0 Å². The molecule has 3 aliphatic rings. The number of rotatable bonds is 4. The Hall–Kier alpha value is -1.21. The first-order valence-corrected chi connectivity index (χ1v) is 12.2. The normalized spacial score (nSPS) is 32.2. The van der Waals surface area contributed by atoms with E-state index in [2.05, 4.69) is 21.2 Å². The predicted molar refractivity (Wildman–Crippen MR) is 117 cm³/mol. The quantitative estimate of drug-likeness (QED) is 0.490. The summed E-state index contributed by atoms with van der Waals surface area (Å²) in [5.74, 6) is -0.420. The largest absolute Gasteiger partial charge is 0.462 e. The van der Waals surface area contributed by atoms with Crippen molar-refractivity contribution < 1.29 is 19.1 Å². The van der Waals surface area contributed by atoms with E-state index in [1.165, 1.54) is 16.2 Å². The first-order chi connectivity index (χ1) is 13.6. The highest BCUT2D eigenvalue weighted by Crippen LogP contribution is 2.72. The van der Waals surface area contributed by atoms with Gasteiger partial charge in [-0.05, 0) is 56.4 Å². The molecule has 29 heavy (non-hydrogen) atoms. The number of ketones is 1. The minimum Gasteiger partial charge on any atom is -0.462 e. The van der Waals surface area contributed by atoms with E-state index in [9.17, 15) is 14.4 Å². The van der Waals surface area contributed by atoms with E-state index < -0.39 is 21.1 Å². The lowest BCUT2D eigenvalue weighted by atomic mass is 9.64. The van der Waals surface area contributed by atoms with Gasteiger partial charge in [-0.1, -0.05) is 36.7 Å². The van der Waals surface area contributed by atoms with Crippen LogP contribution in [0.25, 0.3) is 0 Å². The van der Waals surface area contributed by atoms with Crippen LogP contribution in [0.15, 0.2) is 0 Å². The highest BCUT2D eigenvalue weighted by molar-refractivity contribution is 9.10. The average Bonchev–Trinajstić information content (AvgIpc) is 3.17. The number of alkyl halides is 1. The van der Waals surface area contributed by atoms with Crippen LogP contribution < -0.4 is 5.32 Å². The fraction of sp³-hybridized carbons (Fsp3) is 0.682. The summed E-state index contributed by atoms with van der Waals surface area (Å²) in [5.41, 5.74) is -0.269. The fourth-order valence-electron chi connectivity index (χ4n) is 5.74. The monoisotopic (exact) mass is 481 g/mol. The number of esters is 1. The Morgan fingerprint density at radius 3 is 2.52 bits per heavy atom. The molecular weight excluding hydrogens is 454 g/mol. The van der Waals surface area contributed by atoms with Gasteiger partial charge in [-0.2, -0.15) is 0 Å². The molecule has 0 spiro atoms. The summed E-state index contributed by atoms with van der Waals surface area (Å²) in [6.07, 6.45) is 5.26. The van der Waals surface area contributed by atoms with Crippen LogP contribution in [0.5, 0.6) is 0 Å². The molecule has 0 aromatic carbocycles. The number of nitrogens with one attached hydrogen (secondary N) is 1. The van der Waals surface area contributed by atoms with Crippen molar-refractivity contribution in [3.8, 4) is 0 Å².